The van der Waals surface area contributed by atoms with Crippen molar-refractivity contribution in [1.82, 2.24) is 14.9 Å². The molecule has 1 aliphatic rings. The molecule has 0 atom stereocenters. The van der Waals surface area contributed by atoms with Gasteiger partial charge in [0.1, 0.15) is 11.6 Å². The summed E-state index contributed by atoms with van der Waals surface area (Å²) in [5, 5.41) is 6.66. The predicted octanol–water partition coefficient (Wildman–Crippen LogP) is 1.78. The van der Waals surface area contributed by atoms with Crippen molar-refractivity contribution in [2.75, 3.05) is 42.5 Å². The Morgan fingerprint density at radius 3 is 2.60 bits per heavy atom. The van der Waals surface area contributed by atoms with Crippen LogP contribution in [0.4, 0.5) is 17.6 Å². The summed E-state index contributed by atoms with van der Waals surface area (Å²) >= 11 is 0. The molecule has 6 heteroatoms. The third-order valence-electron chi connectivity index (χ3n) is 3.58. The fourth-order valence-corrected chi connectivity index (χ4v) is 2.64. The fourth-order valence-electron chi connectivity index (χ4n) is 2.64. The lowest BCUT2D eigenvalue weighted by atomic mass is 10.0. The third kappa shape index (κ3) is 4.23. The fraction of sp³-hybridized carbons (Fsp3) is 0.714. The van der Waals surface area contributed by atoms with Crippen molar-refractivity contribution in [3.05, 3.63) is 6.07 Å². The van der Waals surface area contributed by atoms with E-state index in [-0.39, 0.29) is 0 Å². The van der Waals surface area contributed by atoms with Gasteiger partial charge in [-0.15, -0.1) is 0 Å². The van der Waals surface area contributed by atoms with E-state index in [9.17, 15) is 0 Å². The second kappa shape index (κ2) is 7.28. The second-order valence-corrected chi connectivity index (χ2v) is 5.29. The summed E-state index contributed by atoms with van der Waals surface area (Å²) in [6.45, 7) is 8.62. The highest BCUT2D eigenvalue weighted by molar-refractivity contribution is 5.51. The van der Waals surface area contributed by atoms with Gasteiger partial charge in [-0.3, -0.25) is 0 Å². The summed E-state index contributed by atoms with van der Waals surface area (Å²) in [6.07, 6.45) is 3.54. The quantitative estimate of drug-likeness (QED) is 0.736. The van der Waals surface area contributed by atoms with Crippen molar-refractivity contribution in [1.29, 1.82) is 0 Å². The second-order valence-electron chi connectivity index (χ2n) is 5.29. The van der Waals surface area contributed by atoms with E-state index >= 15 is 0 Å². The van der Waals surface area contributed by atoms with E-state index in [1.165, 1.54) is 13.0 Å². The molecule has 0 aliphatic carbocycles. The zero-order valence-corrected chi connectivity index (χ0v) is 12.5. The molecule has 0 unspecified atom stereocenters. The Kier molecular flexibility index (Phi) is 5.40. The molecule has 0 spiro atoms. The molecule has 4 N–H and O–H groups in total. The van der Waals surface area contributed by atoms with Crippen molar-refractivity contribution in [2.24, 2.45) is 0 Å². The van der Waals surface area contributed by atoms with E-state index in [1.807, 2.05) is 13.0 Å². The van der Waals surface area contributed by atoms with Gasteiger partial charge in [-0.25, -0.2) is 0 Å². The molecule has 0 radical (unpaired) electrons. The van der Waals surface area contributed by atoms with Gasteiger partial charge >= 0.3 is 0 Å². The number of nitrogens with two attached hydrogens (primary N) is 1. The number of nitrogens with zero attached hydrogens (tertiary/aromatic N) is 3. The number of anilines is 3. The van der Waals surface area contributed by atoms with E-state index in [4.69, 9.17) is 5.73 Å². The molecule has 1 aromatic heterocycles. The monoisotopic (exact) mass is 278 g/mol. The summed E-state index contributed by atoms with van der Waals surface area (Å²) in [4.78, 5) is 11.0. The van der Waals surface area contributed by atoms with Gasteiger partial charge in [0.05, 0.1) is 0 Å². The first kappa shape index (κ1) is 14.8. The lowest BCUT2D eigenvalue weighted by molar-refractivity contribution is 0.219. The summed E-state index contributed by atoms with van der Waals surface area (Å²) in [5.74, 6) is 1.92. The van der Waals surface area contributed by atoms with Crippen LogP contribution in [0.3, 0.4) is 0 Å². The first-order valence-corrected chi connectivity index (χ1v) is 7.58. The molecule has 112 valence electrons. The molecule has 1 aromatic rings. The third-order valence-corrected chi connectivity index (χ3v) is 3.58. The van der Waals surface area contributed by atoms with Crippen molar-refractivity contribution >= 4 is 17.6 Å². The van der Waals surface area contributed by atoms with E-state index in [0.29, 0.717) is 12.0 Å². The summed E-state index contributed by atoms with van der Waals surface area (Å²) < 4.78 is 0. The lowest BCUT2D eigenvalue weighted by Crippen LogP contribution is -2.39. The summed E-state index contributed by atoms with van der Waals surface area (Å²) in [6, 6.07) is 2.41. The van der Waals surface area contributed by atoms with Gasteiger partial charge in [0.15, 0.2) is 0 Å². The van der Waals surface area contributed by atoms with E-state index in [1.54, 1.807) is 0 Å². The standard InChI is InChI=1S/C14H26N6/c1-3-7-20-8-5-11(6-9-20)17-13-10-12(16-4-2)18-14(15)19-13/h10-11H,3-9H2,1-2H3,(H4,15,16,17,18,19). The Balaban J connectivity index is 1.90. The van der Waals surface area contributed by atoms with Crippen molar-refractivity contribution < 1.29 is 0 Å². The van der Waals surface area contributed by atoms with Crippen molar-refractivity contribution in [3.63, 3.8) is 0 Å². The summed E-state index contributed by atoms with van der Waals surface area (Å²) in [5.41, 5.74) is 5.75. The zero-order valence-electron chi connectivity index (χ0n) is 12.5. The van der Waals surface area contributed by atoms with Crippen LogP contribution in [0.1, 0.15) is 33.1 Å². The molecule has 0 bridgehead atoms. The van der Waals surface area contributed by atoms with Gasteiger partial charge in [-0.2, -0.15) is 9.97 Å². The number of rotatable bonds is 6. The minimum atomic E-state index is 0.314. The maximum atomic E-state index is 5.75. The Morgan fingerprint density at radius 1 is 1.25 bits per heavy atom. The highest BCUT2D eigenvalue weighted by Gasteiger charge is 2.18. The molecular formula is C14H26N6. The minimum absolute atomic E-state index is 0.314. The van der Waals surface area contributed by atoms with Crippen LogP contribution in [-0.4, -0.2) is 47.1 Å². The molecule has 6 nitrogen and oxygen atoms in total. The van der Waals surface area contributed by atoms with Crippen LogP contribution in [0.5, 0.6) is 0 Å². The van der Waals surface area contributed by atoms with Gasteiger partial charge in [-0.1, -0.05) is 6.92 Å². The number of hydrogen-bond donors (Lipinski definition) is 3. The van der Waals surface area contributed by atoms with E-state index in [0.717, 1.165) is 44.1 Å². The van der Waals surface area contributed by atoms with Gasteiger partial charge in [0, 0.05) is 31.7 Å². The number of nitrogens with one attached hydrogen (secondary N) is 2. The molecular weight excluding hydrogens is 252 g/mol. The topological polar surface area (TPSA) is 79.1 Å². The lowest BCUT2D eigenvalue weighted by Gasteiger charge is -2.32. The predicted molar refractivity (Wildman–Crippen MR) is 84.0 cm³/mol. The first-order chi connectivity index (χ1) is 9.71. The van der Waals surface area contributed by atoms with E-state index in [2.05, 4.69) is 32.4 Å². The highest BCUT2D eigenvalue weighted by atomic mass is 15.2. The Hall–Kier alpha value is -1.56. The van der Waals surface area contributed by atoms with Crippen LogP contribution in [-0.2, 0) is 0 Å². The molecule has 1 aliphatic heterocycles. The maximum absolute atomic E-state index is 5.75. The average Bonchev–Trinajstić information content (AvgIpc) is 2.41. The molecule has 1 fully saturated rings. The van der Waals surface area contributed by atoms with Crippen LogP contribution >= 0.6 is 0 Å². The molecule has 1 saturated heterocycles. The van der Waals surface area contributed by atoms with Crippen LogP contribution in [0, 0.1) is 0 Å². The molecule has 2 rings (SSSR count). The zero-order chi connectivity index (χ0) is 14.4. The smallest absolute Gasteiger partial charge is 0.223 e. The van der Waals surface area contributed by atoms with Crippen LogP contribution < -0.4 is 16.4 Å². The van der Waals surface area contributed by atoms with Gasteiger partial charge in [-0.05, 0) is 32.7 Å². The number of piperidine rings is 1. The van der Waals surface area contributed by atoms with Crippen molar-refractivity contribution in [3.8, 4) is 0 Å². The molecule has 0 saturated carbocycles. The van der Waals surface area contributed by atoms with Crippen molar-refractivity contribution in [2.45, 2.75) is 39.2 Å². The largest absolute Gasteiger partial charge is 0.370 e. The van der Waals surface area contributed by atoms with Gasteiger partial charge in [0.2, 0.25) is 5.95 Å². The molecule has 0 amide bonds. The van der Waals surface area contributed by atoms with Crippen LogP contribution in [0.25, 0.3) is 0 Å². The first-order valence-electron chi connectivity index (χ1n) is 7.58. The van der Waals surface area contributed by atoms with E-state index < -0.39 is 0 Å². The molecule has 0 aromatic carbocycles. The normalized spacial score (nSPS) is 17.1. The Bertz CT molecular complexity index is 414. The van der Waals surface area contributed by atoms with Crippen LogP contribution in [0.2, 0.25) is 0 Å². The SMILES string of the molecule is CCCN1CCC(Nc2cc(NCC)nc(N)n2)CC1. The number of likely N-dealkylation sites (tertiary alicyclic amines) is 1. The maximum Gasteiger partial charge on any atom is 0.223 e. The number of nitrogen functional groups attached to an aromatic ring is 1. The Labute approximate surface area is 121 Å². The summed E-state index contributed by atoms with van der Waals surface area (Å²) in [7, 11) is 0. The Morgan fingerprint density at radius 2 is 1.95 bits per heavy atom. The van der Waals surface area contributed by atoms with Crippen LogP contribution in [0.15, 0.2) is 6.07 Å². The highest BCUT2D eigenvalue weighted by Crippen LogP contribution is 2.18. The molecule has 2 heterocycles. The minimum Gasteiger partial charge on any atom is -0.370 e. The number of hydrogen-bond acceptors (Lipinski definition) is 6. The number of aromatic nitrogens is 2. The van der Waals surface area contributed by atoms with Gasteiger partial charge in [0.25, 0.3) is 0 Å². The average molecular weight is 278 g/mol. The van der Waals surface area contributed by atoms with Gasteiger partial charge < -0.3 is 21.3 Å². The molecule has 20 heavy (non-hydrogen) atoms.